The molecule has 9 nitrogen and oxygen atoms in total. The van der Waals surface area contributed by atoms with E-state index < -0.39 is 6.03 Å². The van der Waals surface area contributed by atoms with Gasteiger partial charge in [0.25, 0.3) is 0 Å². The number of aromatic nitrogens is 3. The van der Waals surface area contributed by atoms with Gasteiger partial charge in [0.15, 0.2) is 0 Å². The summed E-state index contributed by atoms with van der Waals surface area (Å²) in [6.45, 7) is 1.93. The van der Waals surface area contributed by atoms with Crippen molar-refractivity contribution in [2.24, 2.45) is 5.73 Å². The van der Waals surface area contributed by atoms with Crippen molar-refractivity contribution < 1.29 is 9.53 Å². The molecule has 2 aromatic carbocycles. The first-order chi connectivity index (χ1) is 16.6. The molecule has 0 bridgehead atoms. The zero-order valence-electron chi connectivity index (χ0n) is 18.9. The SMILES string of the molecule is COc1cc(-n2nc(C3CCNCC3)c3ccnc(N)c32)ccc1N(C(N)=O)c1ccccc1. The van der Waals surface area contributed by atoms with Crippen LogP contribution in [0, 0.1) is 0 Å². The maximum absolute atomic E-state index is 12.4. The Balaban J connectivity index is 1.64. The molecular formula is C25H27N7O2. The van der Waals surface area contributed by atoms with Gasteiger partial charge in [0.2, 0.25) is 0 Å². The summed E-state index contributed by atoms with van der Waals surface area (Å²) in [4.78, 5) is 18.1. The van der Waals surface area contributed by atoms with Crippen LogP contribution in [0.15, 0.2) is 60.8 Å². The molecule has 5 rings (SSSR count). The number of methoxy groups -OCH3 is 1. The van der Waals surface area contributed by atoms with Crippen LogP contribution >= 0.6 is 0 Å². The minimum atomic E-state index is -0.608. The number of carbonyl (C=O) groups excluding carboxylic acids is 1. The summed E-state index contributed by atoms with van der Waals surface area (Å²) in [7, 11) is 1.56. The number of nitrogens with one attached hydrogen (secondary N) is 1. The number of ether oxygens (including phenoxy) is 1. The highest BCUT2D eigenvalue weighted by atomic mass is 16.5. The largest absolute Gasteiger partial charge is 0.494 e. The van der Waals surface area contributed by atoms with Gasteiger partial charge < -0.3 is 21.5 Å². The summed E-state index contributed by atoms with van der Waals surface area (Å²) in [5, 5.41) is 9.41. The molecule has 1 aliphatic heterocycles. The van der Waals surface area contributed by atoms with Crippen LogP contribution in [0.3, 0.4) is 0 Å². The topological polar surface area (TPSA) is 124 Å². The van der Waals surface area contributed by atoms with E-state index in [1.165, 1.54) is 4.90 Å². The summed E-state index contributed by atoms with van der Waals surface area (Å²) in [6, 6.07) is 16.1. The van der Waals surface area contributed by atoms with E-state index in [2.05, 4.69) is 10.3 Å². The summed E-state index contributed by atoms with van der Waals surface area (Å²) in [6.07, 6.45) is 3.75. The number of hydrogen-bond donors (Lipinski definition) is 3. The van der Waals surface area contributed by atoms with Crippen LogP contribution in [0.4, 0.5) is 22.0 Å². The number of amides is 2. The van der Waals surface area contributed by atoms with Crippen LogP contribution in [0.1, 0.15) is 24.5 Å². The van der Waals surface area contributed by atoms with E-state index in [1.807, 2.05) is 53.2 Å². The number of fused-ring (bicyclic) bond motifs is 1. The number of urea groups is 1. The molecule has 0 spiro atoms. The second-order valence-electron chi connectivity index (χ2n) is 8.28. The van der Waals surface area contributed by atoms with Crippen LogP contribution < -0.4 is 26.4 Å². The van der Waals surface area contributed by atoms with Crippen molar-refractivity contribution >= 4 is 34.1 Å². The maximum Gasteiger partial charge on any atom is 0.324 e. The molecule has 0 radical (unpaired) electrons. The molecule has 3 heterocycles. The number of nitrogen functional groups attached to an aromatic ring is 1. The average molecular weight is 458 g/mol. The lowest BCUT2D eigenvalue weighted by atomic mass is 9.93. The zero-order chi connectivity index (χ0) is 23.7. The lowest BCUT2D eigenvalue weighted by Gasteiger charge is -2.23. The number of carbonyl (C=O) groups is 1. The predicted molar refractivity (Wildman–Crippen MR) is 133 cm³/mol. The van der Waals surface area contributed by atoms with Gasteiger partial charge in [0.05, 0.1) is 29.9 Å². The Bertz CT molecular complexity index is 1330. The summed E-state index contributed by atoms with van der Waals surface area (Å²) < 4.78 is 7.50. The van der Waals surface area contributed by atoms with Gasteiger partial charge in [-0.3, -0.25) is 4.90 Å². The first-order valence-electron chi connectivity index (χ1n) is 11.3. The lowest BCUT2D eigenvalue weighted by molar-refractivity contribution is 0.256. The third-order valence-corrected chi connectivity index (χ3v) is 6.26. The van der Waals surface area contributed by atoms with E-state index in [0.29, 0.717) is 28.9 Å². The summed E-state index contributed by atoms with van der Waals surface area (Å²) in [5.41, 5.74) is 15.8. The Hall–Kier alpha value is -4.11. The van der Waals surface area contributed by atoms with Gasteiger partial charge in [-0.15, -0.1) is 0 Å². The third kappa shape index (κ3) is 3.80. The van der Waals surface area contributed by atoms with E-state index in [-0.39, 0.29) is 0 Å². The van der Waals surface area contributed by atoms with Gasteiger partial charge in [-0.1, -0.05) is 18.2 Å². The minimum absolute atomic E-state index is 0.344. The molecule has 1 fully saturated rings. The van der Waals surface area contributed by atoms with Crippen molar-refractivity contribution in [2.45, 2.75) is 18.8 Å². The van der Waals surface area contributed by atoms with Gasteiger partial charge >= 0.3 is 6.03 Å². The fourth-order valence-corrected chi connectivity index (χ4v) is 4.64. The fraction of sp³-hybridized carbons (Fsp3) is 0.240. The number of rotatable bonds is 5. The highest BCUT2D eigenvalue weighted by Crippen LogP contribution is 2.38. The third-order valence-electron chi connectivity index (χ3n) is 6.26. The van der Waals surface area contributed by atoms with Crippen molar-refractivity contribution in [2.75, 3.05) is 30.8 Å². The van der Waals surface area contributed by atoms with Crippen LogP contribution in [0.2, 0.25) is 0 Å². The molecule has 9 heteroatoms. The second-order valence-corrected chi connectivity index (χ2v) is 8.28. The quantitative estimate of drug-likeness (QED) is 0.420. The zero-order valence-corrected chi connectivity index (χ0v) is 18.9. The second kappa shape index (κ2) is 9.03. The van der Waals surface area contributed by atoms with E-state index in [9.17, 15) is 4.79 Å². The maximum atomic E-state index is 12.4. The number of primary amides is 1. The molecule has 4 aromatic rings. The molecule has 174 valence electrons. The number of nitrogens with zero attached hydrogens (tertiary/aromatic N) is 4. The monoisotopic (exact) mass is 457 g/mol. The molecule has 34 heavy (non-hydrogen) atoms. The van der Waals surface area contributed by atoms with E-state index in [0.717, 1.165) is 48.2 Å². The molecule has 0 unspecified atom stereocenters. The normalized spacial score (nSPS) is 14.3. The minimum Gasteiger partial charge on any atom is -0.494 e. The number of anilines is 3. The molecule has 1 saturated heterocycles. The molecule has 0 atom stereocenters. The standard InChI is InChI=1S/C25H27N7O2/c1-34-21-15-18(7-8-20(21)31(25(27)33)17-5-3-2-4-6-17)32-23-19(11-14-29-24(23)26)22(30-32)16-9-12-28-13-10-16/h2-8,11,14-16,28H,9-10,12-13H2,1H3,(H2,26,29)(H2,27,33). The Labute approximate surface area is 197 Å². The van der Waals surface area contributed by atoms with Gasteiger partial charge in [0, 0.05) is 23.6 Å². The van der Waals surface area contributed by atoms with E-state index in [4.69, 9.17) is 21.3 Å². The number of nitrogens with two attached hydrogens (primary N) is 2. The molecule has 2 aromatic heterocycles. The molecule has 0 saturated carbocycles. The predicted octanol–water partition coefficient (Wildman–Crippen LogP) is 3.70. The van der Waals surface area contributed by atoms with Crippen LogP contribution in [0.5, 0.6) is 5.75 Å². The van der Waals surface area contributed by atoms with Crippen molar-refractivity contribution in [1.29, 1.82) is 0 Å². The highest BCUT2D eigenvalue weighted by molar-refractivity contribution is 6.00. The number of piperidine rings is 1. The molecule has 2 amide bonds. The lowest BCUT2D eigenvalue weighted by Crippen LogP contribution is -2.31. The van der Waals surface area contributed by atoms with Crippen LogP contribution in [-0.2, 0) is 0 Å². The fourth-order valence-electron chi connectivity index (χ4n) is 4.64. The van der Waals surface area contributed by atoms with Gasteiger partial charge in [-0.2, -0.15) is 5.10 Å². The summed E-state index contributed by atoms with van der Waals surface area (Å²) in [5.74, 6) is 1.24. The van der Waals surface area contributed by atoms with Crippen molar-refractivity contribution in [3.8, 4) is 11.4 Å². The number of hydrogen-bond acceptors (Lipinski definition) is 6. The van der Waals surface area contributed by atoms with E-state index in [1.54, 1.807) is 19.4 Å². The van der Waals surface area contributed by atoms with Gasteiger partial charge in [0.1, 0.15) is 17.1 Å². The Morgan fingerprint density at radius 2 is 1.91 bits per heavy atom. The average Bonchev–Trinajstić information content (AvgIpc) is 3.26. The highest BCUT2D eigenvalue weighted by Gasteiger charge is 2.25. The van der Waals surface area contributed by atoms with Gasteiger partial charge in [-0.05, 0) is 56.3 Å². The smallest absolute Gasteiger partial charge is 0.324 e. The van der Waals surface area contributed by atoms with Crippen molar-refractivity contribution in [3.05, 3.63) is 66.5 Å². The van der Waals surface area contributed by atoms with Gasteiger partial charge in [-0.25, -0.2) is 14.5 Å². The number of pyridine rings is 1. The Morgan fingerprint density at radius 3 is 2.62 bits per heavy atom. The molecule has 5 N–H and O–H groups in total. The van der Waals surface area contributed by atoms with E-state index >= 15 is 0 Å². The Kier molecular flexibility index (Phi) is 5.77. The first kappa shape index (κ1) is 21.7. The first-order valence-corrected chi connectivity index (χ1v) is 11.3. The van der Waals surface area contributed by atoms with Crippen molar-refractivity contribution in [1.82, 2.24) is 20.1 Å². The molecule has 0 aliphatic carbocycles. The van der Waals surface area contributed by atoms with Crippen molar-refractivity contribution in [3.63, 3.8) is 0 Å². The summed E-state index contributed by atoms with van der Waals surface area (Å²) >= 11 is 0. The Morgan fingerprint density at radius 1 is 1.15 bits per heavy atom. The number of para-hydroxylation sites is 1. The number of benzene rings is 2. The molecular weight excluding hydrogens is 430 g/mol. The molecule has 1 aliphatic rings. The van der Waals surface area contributed by atoms with Crippen LogP contribution in [-0.4, -0.2) is 41.0 Å². The van der Waals surface area contributed by atoms with Crippen LogP contribution in [0.25, 0.3) is 16.6 Å².